The number of fused-ring (bicyclic) bond motifs is 1. The first-order valence-electron chi connectivity index (χ1n) is 13.1. The topological polar surface area (TPSA) is 70.6 Å². The van der Waals surface area contributed by atoms with E-state index >= 15 is 0 Å². The molecule has 0 saturated heterocycles. The number of benzene rings is 4. The molecule has 0 spiro atoms. The Kier molecular flexibility index (Phi) is 8.12. The van der Waals surface area contributed by atoms with Crippen LogP contribution < -0.4 is 4.90 Å². The van der Waals surface area contributed by atoms with Gasteiger partial charge in [0.05, 0.1) is 21.7 Å². The summed E-state index contributed by atoms with van der Waals surface area (Å²) in [5, 5.41) is 0.608. The second-order valence-corrected chi connectivity index (χ2v) is 13.0. The van der Waals surface area contributed by atoms with Crippen molar-refractivity contribution >= 4 is 42.6 Å². The Morgan fingerprint density at radius 3 is 2.00 bits per heavy atom. The highest BCUT2D eigenvalue weighted by Gasteiger charge is 2.25. The molecule has 204 valence electrons. The molecule has 0 atom stereocenters. The highest BCUT2D eigenvalue weighted by molar-refractivity contribution is 7.89. The van der Waals surface area contributed by atoms with E-state index in [1.165, 1.54) is 27.8 Å². The minimum absolute atomic E-state index is 0.138. The van der Waals surface area contributed by atoms with Crippen LogP contribution >= 0.6 is 11.3 Å². The average Bonchev–Trinajstić information content (AvgIpc) is 3.41. The number of thiazole rings is 1. The zero-order valence-corrected chi connectivity index (χ0v) is 24.3. The van der Waals surface area contributed by atoms with Gasteiger partial charge in [-0.1, -0.05) is 98.0 Å². The molecule has 1 heterocycles. The van der Waals surface area contributed by atoms with Gasteiger partial charge in [-0.05, 0) is 52.9 Å². The molecule has 0 aliphatic heterocycles. The van der Waals surface area contributed by atoms with E-state index in [4.69, 9.17) is 4.98 Å². The number of hydrogen-bond acceptors (Lipinski definition) is 5. The lowest BCUT2D eigenvalue weighted by molar-refractivity contribution is 0.0985. The predicted molar refractivity (Wildman–Crippen MR) is 162 cm³/mol. The Balaban J connectivity index is 1.46. The third kappa shape index (κ3) is 5.84. The molecular weight excluding hydrogens is 539 g/mol. The van der Waals surface area contributed by atoms with Crippen LogP contribution in [0.3, 0.4) is 0 Å². The van der Waals surface area contributed by atoms with Crippen LogP contribution in [0.15, 0.2) is 108 Å². The van der Waals surface area contributed by atoms with E-state index in [0.29, 0.717) is 23.2 Å². The Hall–Kier alpha value is -3.85. The number of carbonyl (C=O) groups is 1. The van der Waals surface area contributed by atoms with Crippen molar-refractivity contribution < 1.29 is 13.2 Å². The molecule has 0 bridgehead atoms. The van der Waals surface area contributed by atoms with E-state index in [-0.39, 0.29) is 17.3 Å². The number of para-hydroxylation sites is 1. The lowest BCUT2D eigenvalue weighted by Gasteiger charge is -2.21. The molecule has 4 aromatic carbocycles. The lowest BCUT2D eigenvalue weighted by Crippen LogP contribution is -2.30. The zero-order valence-electron chi connectivity index (χ0n) is 22.7. The van der Waals surface area contributed by atoms with Crippen LogP contribution in [-0.2, 0) is 23.1 Å². The predicted octanol–water partition coefficient (Wildman–Crippen LogP) is 7.09. The maximum atomic E-state index is 13.9. The Bertz CT molecular complexity index is 1720. The van der Waals surface area contributed by atoms with Crippen LogP contribution in [0.5, 0.6) is 0 Å². The van der Waals surface area contributed by atoms with Crippen molar-refractivity contribution in [1.82, 2.24) is 9.29 Å². The number of carbonyl (C=O) groups excluding carboxylic acids is 1. The standard InChI is InChI=1S/C32H31N3O3S2/c1-23(2)28-15-10-16-29-30(28)33-32(39-29)35(22-25-13-8-5-9-14-25)31(36)26-17-19-27(20-18-26)40(37,38)34(3)21-24-11-6-4-7-12-24/h4-20,23H,21-22H2,1-3H3. The van der Waals surface area contributed by atoms with Gasteiger partial charge in [0.15, 0.2) is 5.13 Å². The number of amides is 1. The summed E-state index contributed by atoms with van der Waals surface area (Å²) in [6, 6.07) is 31.5. The number of aromatic nitrogens is 1. The first-order valence-corrected chi connectivity index (χ1v) is 15.4. The van der Waals surface area contributed by atoms with Gasteiger partial charge in [-0.3, -0.25) is 9.69 Å². The monoisotopic (exact) mass is 569 g/mol. The number of hydrogen-bond donors (Lipinski definition) is 0. The van der Waals surface area contributed by atoms with Crippen LogP contribution in [0.4, 0.5) is 5.13 Å². The minimum Gasteiger partial charge on any atom is -0.279 e. The van der Waals surface area contributed by atoms with Gasteiger partial charge in [0.1, 0.15) is 0 Å². The second kappa shape index (κ2) is 11.7. The molecule has 6 nitrogen and oxygen atoms in total. The van der Waals surface area contributed by atoms with Crippen LogP contribution in [0, 0.1) is 0 Å². The average molecular weight is 570 g/mol. The van der Waals surface area contributed by atoms with E-state index in [0.717, 1.165) is 26.9 Å². The van der Waals surface area contributed by atoms with Gasteiger partial charge in [-0.2, -0.15) is 4.31 Å². The Labute approximate surface area is 239 Å². The maximum absolute atomic E-state index is 13.9. The fraction of sp³-hybridized carbons (Fsp3) is 0.188. The van der Waals surface area contributed by atoms with Crippen LogP contribution in [0.25, 0.3) is 10.2 Å². The Morgan fingerprint density at radius 2 is 1.40 bits per heavy atom. The molecule has 0 radical (unpaired) electrons. The summed E-state index contributed by atoms with van der Waals surface area (Å²) in [5.74, 6) is 0.0574. The molecule has 0 fully saturated rings. The fourth-order valence-corrected chi connectivity index (χ4v) is 6.72. The molecule has 0 aliphatic rings. The summed E-state index contributed by atoms with van der Waals surface area (Å²) in [5.41, 5.74) is 4.31. The zero-order chi connectivity index (χ0) is 28.3. The maximum Gasteiger partial charge on any atom is 0.260 e. The number of sulfonamides is 1. The van der Waals surface area contributed by atoms with E-state index in [2.05, 4.69) is 19.9 Å². The SMILES string of the molecule is CC(C)c1cccc2sc(N(Cc3ccccc3)C(=O)c3ccc(S(=O)(=O)N(C)Cc4ccccc4)cc3)nc12. The van der Waals surface area contributed by atoms with Crippen molar-refractivity contribution in [2.45, 2.75) is 37.8 Å². The lowest BCUT2D eigenvalue weighted by atomic mass is 10.0. The van der Waals surface area contributed by atoms with Crippen molar-refractivity contribution in [1.29, 1.82) is 0 Å². The van der Waals surface area contributed by atoms with Gasteiger partial charge in [-0.25, -0.2) is 13.4 Å². The summed E-state index contributed by atoms with van der Waals surface area (Å²) in [4.78, 5) is 20.6. The molecule has 0 N–H and O–H groups in total. The second-order valence-electron chi connectivity index (χ2n) is 9.99. The van der Waals surface area contributed by atoms with Gasteiger partial charge in [0.25, 0.3) is 5.91 Å². The van der Waals surface area contributed by atoms with Gasteiger partial charge >= 0.3 is 0 Å². The van der Waals surface area contributed by atoms with Gasteiger partial charge < -0.3 is 0 Å². The summed E-state index contributed by atoms with van der Waals surface area (Å²) in [7, 11) is -2.18. The van der Waals surface area contributed by atoms with Gasteiger partial charge in [-0.15, -0.1) is 0 Å². The largest absolute Gasteiger partial charge is 0.279 e. The molecule has 8 heteroatoms. The first-order chi connectivity index (χ1) is 19.2. The van der Waals surface area contributed by atoms with Crippen molar-refractivity contribution in [3.05, 3.63) is 125 Å². The van der Waals surface area contributed by atoms with Crippen LogP contribution in [0.2, 0.25) is 0 Å². The summed E-state index contributed by atoms with van der Waals surface area (Å²) >= 11 is 1.48. The third-order valence-corrected chi connectivity index (χ3v) is 9.64. The number of rotatable bonds is 9. The van der Waals surface area contributed by atoms with Crippen LogP contribution in [-0.4, -0.2) is 30.7 Å². The molecule has 5 aromatic rings. The van der Waals surface area contributed by atoms with Gasteiger partial charge in [0.2, 0.25) is 10.0 Å². The minimum atomic E-state index is -3.73. The smallest absolute Gasteiger partial charge is 0.260 e. The van der Waals surface area contributed by atoms with E-state index in [9.17, 15) is 13.2 Å². The molecule has 40 heavy (non-hydrogen) atoms. The van der Waals surface area contributed by atoms with Crippen molar-refractivity contribution in [2.24, 2.45) is 0 Å². The first kappa shape index (κ1) is 27.7. The highest BCUT2D eigenvalue weighted by Crippen LogP contribution is 2.35. The van der Waals surface area contributed by atoms with Crippen LogP contribution in [0.1, 0.15) is 46.8 Å². The normalized spacial score (nSPS) is 11.8. The van der Waals surface area contributed by atoms with E-state index < -0.39 is 10.0 Å². The molecule has 1 amide bonds. The summed E-state index contributed by atoms with van der Waals surface area (Å²) in [6.45, 7) is 4.86. The molecule has 5 rings (SSSR count). The van der Waals surface area contributed by atoms with E-state index in [1.807, 2.05) is 72.8 Å². The molecule has 0 unspecified atom stereocenters. The quantitative estimate of drug-likeness (QED) is 0.190. The number of anilines is 1. The van der Waals surface area contributed by atoms with Crippen molar-refractivity contribution in [2.75, 3.05) is 11.9 Å². The summed E-state index contributed by atoms with van der Waals surface area (Å²) in [6.07, 6.45) is 0. The third-order valence-electron chi connectivity index (χ3n) is 6.78. The van der Waals surface area contributed by atoms with E-state index in [1.54, 1.807) is 24.1 Å². The van der Waals surface area contributed by atoms with Crippen molar-refractivity contribution in [3.8, 4) is 0 Å². The van der Waals surface area contributed by atoms with Crippen molar-refractivity contribution in [3.63, 3.8) is 0 Å². The van der Waals surface area contributed by atoms with Gasteiger partial charge in [0, 0.05) is 19.2 Å². The number of nitrogens with zero attached hydrogens (tertiary/aromatic N) is 3. The fourth-order valence-electron chi connectivity index (χ4n) is 4.56. The molecule has 0 saturated carbocycles. The Morgan fingerprint density at radius 1 is 0.800 bits per heavy atom. The molecule has 1 aromatic heterocycles. The highest BCUT2D eigenvalue weighted by atomic mass is 32.2. The molecular formula is C32H31N3O3S2. The summed E-state index contributed by atoms with van der Waals surface area (Å²) < 4.78 is 28.8. The molecule has 0 aliphatic carbocycles.